The van der Waals surface area contributed by atoms with Gasteiger partial charge in [0.1, 0.15) is 12.9 Å². The van der Waals surface area contributed by atoms with Crippen molar-refractivity contribution in [1.82, 2.24) is 0 Å². The topological polar surface area (TPSA) is 27.7 Å². The van der Waals surface area contributed by atoms with E-state index in [1.54, 1.807) is 7.11 Å². The zero-order chi connectivity index (χ0) is 19.4. The molecular weight excluding hydrogens is 375 g/mol. The Morgan fingerprint density at radius 2 is 1.60 bits per heavy atom. The van der Waals surface area contributed by atoms with E-state index in [9.17, 15) is 0 Å². The van der Waals surface area contributed by atoms with Crippen molar-refractivity contribution >= 4 is 31.5 Å². The highest BCUT2D eigenvalue weighted by Gasteiger charge is 2.42. The first-order valence-corrected chi connectivity index (χ1v) is 12.3. The van der Waals surface area contributed by atoms with Crippen LogP contribution in [0.5, 0.6) is 0 Å². The van der Waals surface area contributed by atoms with Crippen LogP contribution < -0.4 is 0 Å². The molecule has 0 radical (unpaired) electrons. The Balaban J connectivity index is 3.33. The lowest BCUT2D eigenvalue weighted by atomic mass is 9.96. The minimum atomic E-state index is -2.01. The highest BCUT2D eigenvalue weighted by molar-refractivity contribution is 6.74. The van der Waals surface area contributed by atoms with Crippen molar-refractivity contribution in [3.05, 3.63) is 33.8 Å². The van der Waals surface area contributed by atoms with Crippen LogP contribution in [0.1, 0.15) is 46.3 Å². The molecule has 3 nitrogen and oxygen atoms in total. The Hall–Kier alpha value is -0.103. The van der Waals surface area contributed by atoms with Crippen molar-refractivity contribution in [3.8, 4) is 0 Å². The first kappa shape index (κ1) is 22.9. The van der Waals surface area contributed by atoms with Gasteiger partial charge in [-0.25, -0.2) is 0 Å². The van der Waals surface area contributed by atoms with E-state index in [2.05, 4.69) is 47.7 Å². The average molecular weight is 407 g/mol. The van der Waals surface area contributed by atoms with E-state index >= 15 is 0 Å². The van der Waals surface area contributed by atoms with Crippen LogP contribution in [0.2, 0.25) is 28.2 Å². The van der Waals surface area contributed by atoms with Gasteiger partial charge in [-0.3, -0.25) is 0 Å². The van der Waals surface area contributed by atoms with Crippen molar-refractivity contribution in [2.75, 3.05) is 13.9 Å². The van der Waals surface area contributed by atoms with Crippen LogP contribution in [0.4, 0.5) is 0 Å². The number of hydrogen-bond donors (Lipinski definition) is 0. The van der Waals surface area contributed by atoms with Gasteiger partial charge in [0.2, 0.25) is 0 Å². The van der Waals surface area contributed by atoms with Crippen LogP contribution in [0.15, 0.2) is 18.2 Å². The molecule has 6 heteroatoms. The molecule has 0 aliphatic carbocycles. The molecule has 1 unspecified atom stereocenters. The summed E-state index contributed by atoms with van der Waals surface area (Å²) < 4.78 is 17.9. The molecule has 0 amide bonds. The Morgan fingerprint density at radius 1 is 1.08 bits per heavy atom. The molecule has 25 heavy (non-hydrogen) atoms. The van der Waals surface area contributed by atoms with Crippen molar-refractivity contribution in [2.24, 2.45) is 5.92 Å². The summed E-state index contributed by atoms with van der Waals surface area (Å²) >= 11 is 12.9. The van der Waals surface area contributed by atoms with E-state index in [4.69, 9.17) is 37.1 Å². The van der Waals surface area contributed by atoms with E-state index in [0.29, 0.717) is 10.0 Å². The number of halogens is 2. The predicted molar refractivity (Wildman–Crippen MR) is 109 cm³/mol. The number of hydrogen-bond acceptors (Lipinski definition) is 3. The Labute approximate surface area is 164 Å². The van der Waals surface area contributed by atoms with Crippen LogP contribution in [0, 0.1) is 5.92 Å². The molecular formula is C19H32Cl2O3Si. The third kappa shape index (κ3) is 5.95. The molecule has 0 aliphatic heterocycles. The minimum Gasteiger partial charge on any atom is -0.411 e. The second kappa shape index (κ2) is 9.20. The first-order valence-electron chi connectivity index (χ1n) is 8.64. The van der Waals surface area contributed by atoms with Crippen molar-refractivity contribution < 1.29 is 13.9 Å². The molecule has 0 N–H and O–H groups in total. The van der Waals surface area contributed by atoms with Gasteiger partial charge in [-0.2, -0.15) is 0 Å². The van der Waals surface area contributed by atoms with Gasteiger partial charge in [-0.1, -0.05) is 63.9 Å². The highest BCUT2D eigenvalue weighted by Crippen LogP contribution is 2.43. The number of methoxy groups -OCH3 is 1. The van der Waals surface area contributed by atoms with Crippen LogP contribution >= 0.6 is 23.2 Å². The van der Waals surface area contributed by atoms with E-state index in [1.807, 2.05) is 18.2 Å². The zero-order valence-corrected chi connectivity index (χ0v) is 19.2. The number of benzene rings is 1. The summed E-state index contributed by atoms with van der Waals surface area (Å²) in [7, 11) is -0.406. The molecule has 0 saturated carbocycles. The lowest BCUT2D eigenvalue weighted by Crippen LogP contribution is -2.47. The molecule has 2 atom stereocenters. The maximum atomic E-state index is 6.73. The Morgan fingerprint density at radius 3 is 2.00 bits per heavy atom. The smallest absolute Gasteiger partial charge is 0.192 e. The van der Waals surface area contributed by atoms with Gasteiger partial charge in [0.05, 0.1) is 6.10 Å². The van der Waals surface area contributed by atoms with Crippen molar-refractivity contribution in [1.29, 1.82) is 0 Å². The van der Waals surface area contributed by atoms with Gasteiger partial charge in [0.15, 0.2) is 8.32 Å². The molecule has 144 valence electrons. The second-order valence-electron chi connectivity index (χ2n) is 8.22. The molecule has 0 spiro atoms. The second-order valence-corrected chi connectivity index (χ2v) is 13.8. The van der Waals surface area contributed by atoms with Crippen LogP contribution in [-0.2, 0) is 13.9 Å². The maximum Gasteiger partial charge on any atom is 0.192 e. The van der Waals surface area contributed by atoms with Crippen LogP contribution in [0.25, 0.3) is 0 Å². The number of ether oxygens (including phenoxy) is 2. The average Bonchev–Trinajstić information content (AvgIpc) is 2.46. The first-order chi connectivity index (χ1) is 11.4. The van der Waals surface area contributed by atoms with E-state index in [0.717, 1.165) is 5.56 Å². The molecule has 1 aromatic carbocycles. The summed E-state index contributed by atoms with van der Waals surface area (Å²) in [6, 6.07) is 5.49. The van der Waals surface area contributed by atoms with E-state index < -0.39 is 14.4 Å². The fourth-order valence-corrected chi connectivity index (χ4v) is 4.37. The fraction of sp³-hybridized carbons (Fsp3) is 0.684. The maximum absolute atomic E-state index is 6.73. The van der Waals surface area contributed by atoms with Gasteiger partial charge in [0, 0.05) is 22.7 Å². The molecule has 0 bridgehead atoms. The van der Waals surface area contributed by atoms with E-state index in [1.165, 1.54) is 0 Å². The van der Waals surface area contributed by atoms with Gasteiger partial charge in [-0.15, -0.1) is 0 Å². The lowest BCUT2D eigenvalue weighted by Gasteiger charge is -2.43. The minimum absolute atomic E-state index is 0.0935. The molecule has 1 rings (SSSR count). The molecule has 1 aromatic rings. The van der Waals surface area contributed by atoms with Gasteiger partial charge in [-0.05, 0) is 36.2 Å². The predicted octanol–water partition coefficient (Wildman–Crippen LogP) is 6.70. The Kier molecular flexibility index (Phi) is 8.44. The van der Waals surface area contributed by atoms with Crippen molar-refractivity contribution in [3.63, 3.8) is 0 Å². The van der Waals surface area contributed by atoms with Crippen LogP contribution in [0.3, 0.4) is 0 Å². The molecule has 0 saturated heterocycles. The van der Waals surface area contributed by atoms with Crippen molar-refractivity contribution in [2.45, 2.75) is 65.0 Å². The van der Waals surface area contributed by atoms with E-state index in [-0.39, 0.29) is 23.9 Å². The standard InChI is InChI=1S/C19H32Cl2O3Si/c1-13(2)17(24-25(7,8)19(3,4)5)18(23-12-22-6)16-14(20)10-9-11-15(16)21/h9-11,13,17-18H,12H2,1-8H3/t17?,18-/m0/s1. The normalized spacial score (nSPS) is 15.5. The molecule has 0 aliphatic rings. The SMILES string of the molecule is COCO[C@@H](c1c(Cl)cccc1Cl)C(O[Si](C)(C)C(C)(C)C)C(C)C. The quantitative estimate of drug-likeness (QED) is 0.354. The number of rotatable bonds is 8. The van der Waals surface area contributed by atoms with Crippen LogP contribution in [-0.4, -0.2) is 28.3 Å². The summed E-state index contributed by atoms with van der Waals surface area (Å²) in [5.74, 6) is 0.225. The zero-order valence-electron chi connectivity index (χ0n) is 16.7. The third-order valence-corrected chi connectivity index (χ3v) is 9.97. The molecule has 0 heterocycles. The summed E-state index contributed by atoms with van der Waals surface area (Å²) in [6.07, 6.45) is -0.566. The fourth-order valence-electron chi connectivity index (χ4n) is 2.33. The summed E-state index contributed by atoms with van der Waals surface area (Å²) in [5.41, 5.74) is 0.764. The largest absolute Gasteiger partial charge is 0.411 e. The Bertz CT molecular complexity index is 536. The van der Waals surface area contributed by atoms with Gasteiger partial charge >= 0.3 is 0 Å². The van der Waals surface area contributed by atoms with Gasteiger partial charge in [0.25, 0.3) is 0 Å². The summed E-state index contributed by atoms with van der Waals surface area (Å²) in [4.78, 5) is 0. The van der Waals surface area contributed by atoms with Gasteiger partial charge < -0.3 is 13.9 Å². The summed E-state index contributed by atoms with van der Waals surface area (Å²) in [5, 5.41) is 1.26. The summed E-state index contributed by atoms with van der Waals surface area (Å²) in [6.45, 7) is 15.6. The highest BCUT2D eigenvalue weighted by atomic mass is 35.5. The monoisotopic (exact) mass is 406 g/mol. The molecule has 0 aromatic heterocycles. The third-order valence-electron chi connectivity index (χ3n) is 4.84. The molecule has 0 fully saturated rings. The lowest BCUT2D eigenvalue weighted by molar-refractivity contribution is -0.120.